The minimum Gasteiger partial charge on any atom is -0.478 e. The quantitative estimate of drug-likeness (QED) is 0.482. The molecule has 82 valence electrons. The van der Waals surface area contributed by atoms with Crippen molar-refractivity contribution in [2.75, 3.05) is 6.16 Å². The van der Waals surface area contributed by atoms with Gasteiger partial charge in [-0.25, -0.2) is 4.79 Å². The number of hydrogen-bond donors (Lipinski definition) is 3. The third-order valence-electron chi connectivity index (χ3n) is 1.86. The standard InChI is InChI=1S/C8H15O5P/c1-3-6(5-14(11,12)13)7(4-2)8(9)10/h3-5H2,1-2H3,(H,9,10)(H2,11,12,13). The van der Waals surface area contributed by atoms with E-state index in [4.69, 9.17) is 14.9 Å². The van der Waals surface area contributed by atoms with E-state index in [2.05, 4.69) is 0 Å². The largest absolute Gasteiger partial charge is 0.478 e. The Bertz CT molecular complexity index is 288. The maximum Gasteiger partial charge on any atom is 0.331 e. The zero-order valence-electron chi connectivity index (χ0n) is 8.23. The molecule has 14 heavy (non-hydrogen) atoms. The van der Waals surface area contributed by atoms with E-state index in [0.29, 0.717) is 12.0 Å². The van der Waals surface area contributed by atoms with Crippen molar-refractivity contribution in [3.05, 3.63) is 11.1 Å². The van der Waals surface area contributed by atoms with Crippen LogP contribution in [0.5, 0.6) is 0 Å². The fourth-order valence-electron chi connectivity index (χ4n) is 1.22. The summed E-state index contributed by atoms with van der Waals surface area (Å²) in [5.41, 5.74) is 0.434. The summed E-state index contributed by atoms with van der Waals surface area (Å²) < 4.78 is 10.7. The molecule has 0 radical (unpaired) electrons. The highest BCUT2D eigenvalue weighted by Gasteiger charge is 2.20. The summed E-state index contributed by atoms with van der Waals surface area (Å²) >= 11 is 0. The van der Waals surface area contributed by atoms with Crippen LogP contribution in [0.4, 0.5) is 0 Å². The Balaban J connectivity index is 5.00. The van der Waals surface area contributed by atoms with Crippen molar-refractivity contribution in [2.24, 2.45) is 0 Å². The highest BCUT2D eigenvalue weighted by atomic mass is 31.2. The Morgan fingerprint density at radius 1 is 1.21 bits per heavy atom. The molecule has 0 fully saturated rings. The number of hydrogen-bond acceptors (Lipinski definition) is 2. The number of carbonyl (C=O) groups is 1. The van der Waals surface area contributed by atoms with Crippen molar-refractivity contribution in [1.82, 2.24) is 0 Å². The summed E-state index contributed by atoms with van der Waals surface area (Å²) in [5.74, 6) is -1.10. The van der Waals surface area contributed by atoms with Crippen LogP contribution in [0, 0.1) is 0 Å². The lowest BCUT2D eigenvalue weighted by Gasteiger charge is -2.10. The highest BCUT2D eigenvalue weighted by Crippen LogP contribution is 2.38. The topological polar surface area (TPSA) is 94.8 Å². The van der Waals surface area contributed by atoms with Gasteiger partial charge in [0.05, 0.1) is 6.16 Å². The smallest absolute Gasteiger partial charge is 0.331 e. The van der Waals surface area contributed by atoms with Crippen LogP contribution in [-0.4, -0.2) is 27.0 Å². The van der Waals surface area contributed by atoms with E-state index >= 15 is 0 Å². The Morgan fingerprint density at radius 2 is 1.71 bits per heavy atom. The maximum atomic E-state index is 10.7. The second-order valence-electron chi connectivity index (χ2n) is 2.92. The molecular formula is C8H15O5P. The summed E-state index contributed by atoms with van der Waals surface area (Å²) in [6.07, 6.45) is 0.165. The van der Waals surface area contributed by atoms with Gasteiger partial charge in [0.1, 0.15) is 0 Å². The molecule has 5 nitrogen and oxygen atoms in total. The van der Waals surface area contributed by atoms with Gasteiger partial charge >= 0.3 is 13.6 Å². The van der Waals surface area contributed by atoms with Crippen molar-refractivity contribution in [3.8, 4) is 0 Å². The minimum absolute atomic E-state index is 0.107. The summed E-state index contributed by atoms with van der Waals surface area (Å²) in [6, 6.07) is 0. The predicted octanol–water partition coefficient (Wildman–Crippen LogP) is 1.37. The average molecular weight is 222 g/mol. The van der Waals surface area contributed by atoms with Gasteiger partial charge in [0.15, 0.2) is 0 Å². The molecule has 0 bridgehead atoms. The Labute approximate surface area is 82.6 Å². The Hall–Kier alpha value is -0.640. The van der Waals surface area contributed by atoms with Crippen molar-refractivity contribution in [2.45, 2.75) is 26.7 Å². The monoisotopic (exact) mass is 222 g/mol. The maximum absolute atomic E-state index is 10.7. The summed E-state index contributed by atoms with van der Waals surface area (Å²) in [7, 11) is -4.17. The molecule has 0 amide bonds. The molecule has 0 spiro atoms. The van der Waals surface area contributed by atoms with E-state index in [1.165, 1.54) is 0 Å². The molecule has 0 atom stereocenters. The van der Waals surface area contributed by atoms with Gasteiger partial charge in [-0.2, -0.15) is 0 Å². The molecule has 3 N–H and O–H groups in total. The van der Waals surface area contributed by atoms with Crippen molar-refractivity contribution >= 4 is 13.6 Å². The molecule has 0 rings (SSSR count). The van der Waals surface area contributed by atoms with Gasteiger partial charge in [-0.1, -0.05) is 13.8 Å². The molecular weight excluding hydrogens is 207 g/mol. The zero-order valence-corrected chi connectivity index (χ0v) is 9.12. The van der Waals surface area contributed by atoms with E-state index in [1.807, 2.05) is 0 Å². The molecule has 0 aromatic heterocycles. The number of aliphatic carboxylic acids is 1. The fraction of sp³-hybridized carbons (Fsp3) is 0.625. The molecule has 0 aliphatic carbocycles. The molecule has 0 aromatic rings. The lowest BCUT2D eigenvalue weighted by Crippen LogP contribution is -2.06. The van der Waals surface area contributed by atoms with Crippen molar-refractivity contribution < 1.29 is 24.3 Å². The van der Waals surface area contributed by atoms with Crippen LogP contribution in [0.3, 0.4) is 0 Å². The second-order valence-corrected chi connectivity index (χ2v) is 4.56. The van der Waals surface area contributed by atoms with Crippen LogP contribution in [0.15, 0.2) is 11.1 Å². The van der Waals surface area contributed by atoms with Gasteiger partial charge in [-0.3, -0.25) is 4.57 Å². The van der Waals surface area contributed by atoms with Crippen LogP contribution in [-0.2, 0) is 9.36 Å². The number of rotatable bonds is 5. The van der Waals surface area contributed by atoms with E-state index < -0.39 is 19.7 Å². The SMILES string of the molecule is CCC(CP(=O)(O)O)=C(CC)C(=O)O. The van der Waals surface area contributed by atoms with Crippen molar-refractivity contribution in [3.63, 3.8) is 0 Å². The molecule has 0 saturated carbocycles. The first-order valence-corrected chi connectivity index (χ1v) is 6.10. The third-order valence-corrected chi connectivity index (χ3v) is 2.66. The van der Waals surface area contributed by atoms with Gasteiger partial charge in [-0.05, 0) is 18.4 Å². The molecule has 0 aliphatic heterocycles. The van der Waals surface area contributed by atoms with Gasteiger partial charge in [-0.15, -0.1) is 0 Å². The first-order valence-electron chi connectivity index (χ1n) is 4.30. The first-order chi connectivity index (χ1) is 6.31. The van der Waals surface area contributed by atoms with E-state index in [1.54, 1.807) is 13.8 Å². The second kappa shape index (κ2) is 5.29. The minimum atomic E-state index is -4.17. The normalized spacial score (nSPS) is 13.7. The number of carboxylic acid groups (broad SMARTS) is 1. The zero-order chi connectivity index (χ0) is 11.4. The lowest BCUT2D eigenvalue weighted by atomic mass is 10.1. The van der Waals surface area contributed by atoms with E-state index in [0.717, 1.165) is 0 Å². The van der Waals surface area contributed by atoms with Gasteiger partial charge in [0.2, 0.25) is 0 Å². The molecule has 0 aliphatic rings. The average Bonchev–Trinajstić information content (AvgIpc) is 2.00. The third kappa shape index (κ3) is 4.56. The summed E-state index contributed by atoms with van der Waals surface area (Å²) in [5, 5.41) is 8.76. The van der Waals surface area contributed by atoms with Crippen LogP contribution < -0.4 is 0 Å². The molecule has 0 unspecified atom stereocenters. The summed E-state index contributed by atoms with van der Waals surface area (Å²) in [4.78, 5) is 28.2. The Kier molecular flexibility index (Phi) is 5.05. The summed E-state index contributed by atoms with van der Waals surface area (Å²) in [6.45, 7) is 3.34. The van der Waals surface area contributed by atoms with Crippen LogP contribution >= 0.6 is 7.60 Å². The predicted molar refractivity (Wildman–Crippen MR) is 52.2 cm³/mol. The first kappa shape index (κ1) is 13.4. The molecule has 0 aromatic carbocycles. The fourth-order valence-corrected chi connectivity index (χ4v) is 2.13. The van der Waals surface area contributed by atoms with Gasteiger partial charge < -0.3 is 14.9 Å². The lowest BCUT2D eigenvalue weighted by molar-refractivity contribution is -0.132. The highest BCUT2D eigenvalue weighted by molar-refractivity contribution is 7.52. The molecule has 6 heteroatoms. The molecule has 0 heterocycles. The van der Waals surface area contributed by atoms with Crippen LogP contribution in [0.25, 0.3) is 0 Å². The van der Waals surface area contributed by atoms with Gasteiger partial charge in [0, 0.05) is 5.57 Å². The van der Waals surface area contributed by atoms with Crippen LogP contribution in [0.1, 0.15) is 26.7 Å². The van der Waals surface area contributed by atoms with Gasteiger partial charge in [0.25, 0.3) is 0 Å². The number of allylic oxidation sites excluding steroid dienone is 1. The van der Waals surface area contributed by atoms with E-state index in [-0.39, 0.29) is 12.0 Å². The molecule has 0 saturated heterocycles. The Morgan fingerprint density at radius 3 is 1.93 bits per heavy atom. The van der Waals surface area contributed by atoms with Crippen molar-refractivity contribution in [1.29, 1.82) is 0 Å². The van der Waals surface area contributed by atoms with E-state index in [9.17, 15) is 9.36 Å². The van der Waals surface area contributed by atoms with Crippen LogP contribution in [0.2, 0.25) is 0 Å². The number of carboxylic acids is 1.